The zero-order chi connectivity index (χ0) is 16.8. The fraction of sp³-hybridized carbons (Fsp3) is 0.176. The molecule has 0 spiro atoms. The summed E-state index contributed by atoms with van der Waals surface area (Å²) in [5.41, 5.74) is 2.13. The molecular weight excluding hydrogens is 353 g/mol. The van der Waals surface area contributed by atoms with E-state index >= 15 is 0 Å². The molecule has 0 radical (unpaired) electrons. The van der Waals surface area contributed by atoms with Crippen molar-refractivity contribution in [2.45, 2.75) is 12.7 Å². The molecule has 0 aliphatic rings. The molecule has 120 valence electrons. The number of thioether (sulfide) groups is 1. The Morgan fingerprint density at radius 3 is 2.61 bits per heavy atom. The first kappa shape index (κ1) is 17.9. The van der Waals surface area contributed by atoms with Crippen molar-refractivity contribution < 1.29 is 9.59 Å². The molecule has 0 unspecified atom stereocenters. The summed E-state index contributed by atoms with van der Waals surface area (Å²) in [5, 5.41) is 3.97. The van der Waals surface area contributed by atoms with Crippen molar-refractivity contribution in [3.8, 4) is 0 Å². The van der Waals surface area contributed by atoms with Crippen LogP contribution >= 0.6 is 35.0 Å². The molecule has 0 bridgehead atoms. The molecule has 23 heavy (non-hydrogen) atoms. The standard InChI is InChI=1S/C17H15Cl2NO2S/c1-11(21)12-3-2-4-15(7-12)20-17(22)10-23-9-13-5-6-14(18)8-16(13)19/h2-8H,9-10H2,1H3,(H,20,22). The summed E-state index contributed by atoms with van der Waals surface area (Å²) >= 11 is 13.4. The molecule has 2 rings (SSSR count). The lowest BCUT2D eigenvalue weighted by molar-refractivity contribution is -0.113. The summed E-state index contributed by atoms with van der Waals surface area (Å²) in [5.74, 6) is 0.758. The fourth-order valence-electron chi connectivity index (χ4n) is 1.91. The number of halogens is 2. The van der Waals surface area contributed by atoms with E-state index in [9.17, 15) is 9.59 Å². The van der Waals surface area contributed by atoms with E-state index in [2.05, 4.69) is 5.32 Å². The van der Waals surface area contributed by atoms with Gasteiger partial charge in [0.15, 0.2) is 5.78 Å². The zero-order valence-electron chi connectivity index (χ0n) is 12.4. The van der Waals surface area contributed by atoms with Crippen LogP contribution in [0.1, 0.15) is 22.8 Å². The van der Waals surface area contributed by atoms with E-state index in [1.54, 1.807) is 36.4 Å². The van der Waals surface area contributed by atoms with Crippen LogP contribution in [0.4, 0.5) is 5.69 Å². The first-order chi connectivity index (χ1) is 11.0. The van der Waals surface area contributed by atoms with E-state index in [-0.39, 0.29) is 11.7 Å². The first-order valence-corrected chi connectivity index (χ1v) is 8.79. The van der Waals surface area contributed by atoms with Crippen LogP contribution in [0.15, 0.2) is 42.5 Å². The van der Waals surface area contributed by atoms with Gasteiger partial charge >= 0.3 is 0 Å². The molecule has 0 heterocycles. The largest absolute Gasteiger partial charge is 0.325 e. The number of rotatable bonds is 6. The summed E-state index contributed by atoms with van der Waals surface area (Å²) in [6, 6.07) is 12.2. The van der Waals surface area contributed by atoms with E-state index in [1.165, 1.54) is 18.7 Å². The lowest BCUT2D eigenvalue weighted by atomic mass is 10.1. The number of hydrogen-bond acceptors (Lipinski definition) is 3. The minimum absolute atomic E-state index is 0.0344. The van der Waals surface area contributed by atoms with E-state index in [4.69, 9.17) is 23.2 Å². The summed E-state index contributed by atoms with van der Waals surface area (Å²) in [7, 11) is 0. The van der Waals surface area contributed by atoms with E-state index in [0.29, 0.717) is 32.8 Å². The van der Waals surface area contributed by atoms with Gasteiger partial charge in [-0.15, -0.1) is 11.8 Å². The molecule has 3 nitrogen and oxygen atoms in total. The van der Waals surface area contributed by atoms with Crippen molar-refractivity contribution in [2.24, 2.45) is 0 Å². The van der Waals surface area contributed by atoms with Gasteiger partial charge in [0.2, 0.25) is 5.91 Å². The average molecular weight is 368 g/mol. The topological polar surface area (TPSA) is 46.2 Å². The predicted octanol–water partition coefficient (Wildman–Crippen LogP) is 5.07. The van der Waals surface area contributed by atoms with Gasteiger partial charge in [-0.05, 0) is 36.8 Å². The van der Waals surface area contributed by atoms with Crippen LogP contribution in [-0.2, 0) is 10.5 Å². The molecule has 1 amide bonds. The Morgan fingerprint density at radius 1 is 1.13 bits per heavy atom. The molecule has 0 fully saturated rings. The molecule has 1 N–H and O–H groups in total. The molecule has 0 atom stereocenters. The van der Waals surface area contributed by atoms with Gasteiger partial charge in [-0.25, -0.2) is 0 Å². The second-order valence-corrected chi connectivity index (χ2v) is 6.74. The Hall–Kier alpha value is -1.49. The van der Waals surface area contributed by atoms with Crippen molar-refractivity contribution in [2.75, 3.05) is 11.1 Å². The predicted molar refractivity (Wildman–Crippen MR) is 97.7 cm³/mol. The molecule has 0 aromatic heterocycles. The third-order valence-electron chi connectivity index (χ3n) is 3.06. The highest BCUT2D eigenvalue weighted by Crippen LogP contribution is 2.24. The minimum atomic E-state index is -0.124. The smallest absolute Gasteiger partial charge is 0.234 e. The van der Waals surface area contributed by atoms with Crippen LogP contribution in [-0.4, -0.2) is 17.4 Å². The molecule has 2 aromatic rings. The number of ketones is 1. The number of nitrogens with one attached hydrogen (secondary N) is 1. The van der Waals surface area contributed by atoms with Crippen LogP contribution in [0, 0.1) is 0 Å². The third kappa shape index (κ3) is 5.57. The van der Waals surface area contributed by atoms with Crippen LogP contribution in [0.3, 0.4) is 0 Å². The first-order valence-electron chi connectivity index (χ1n) is 6.88. The second kappa shape index (κ2) is 8.39. The van der Waals surface area contributed by atoms with Gasteiger partial charge in [-0.1, -0.05) is 41.4 Å². The third-order valence-corrected chi connectivity index (χ3v) is 4.63. The Morgan fingerprint density at radius 2 is 1.91 bits per heavy atom. The van der Waals surface area contributed by atoms with E-state index in [1.807, 2.05) is 6.07 Å². The highest BCUT2D eigenvalue weighted by Gasteiger charge is 2.07. The fourth-order valence-corrected chi connectivity index (χ4v) is 3.29. The lowest BCUT2D eigenvalue weighted by Gasteiger charge is -2.07. The lowest BCUT2D eigenvalue weighted by Crippen LogP contribution is -2.14. The maximum atomic E-state index is 12.0. The van der Waals surface area contributed by atoms with Gasteiger partial charge < -0.3 is 5.32 Å². The van der Waals surface area contributed by atoms with Crippen molar-refractivity contribution in [1.29, 1.82) is 0 Å². The van der Waals surface area contributed by atoms with Crippen LogP contribution in [0.5, 0.6) is 0 Å². The van der Waals surface area contributed by atoms with Crippen molar-refractivity contribution in [3.63, 3.8) is 0 Å². The average Bonchev–Trinajstić information content (AvgIpc) is 2.49. The Bertz CT molecular complexity index is 734. The van der Waals surface area contributed by atoms with Gasteiger partial charge in [0.05, 0.1) is 5.75 Å². The Kier molecular flexibility index (Phi) is 6.51. The number of hydrogen-bond donors (Lipinski definition) is 1. The highest BCUT2D eigenvalue weighted by molar-refractivity contribution is 7.99. The van der Waals surface area contributed by atoms with E-state index in [0.717, 1.165) is 5.56 Å². The van der Waals surface area contributed by atoms with Crippen LogP contribution in [0.25, 0.3) is 0 Å². The van der Waals surface area contributed by atoms with Crippen LogP contribution < -0.4 is 5.32 Å². The van der Waals surface area contributed by atoms with E-state index < -0.39 is 0 Å². The SMILES string of the molecule is CC(=O)c1cccc(NC(=O)CSCc2ccc(Cl)cc2Cl)c1. The summed E-state index contributed by atoms with van der Waals surface area (Å²) in [6.07, 6.45) is 0. The number of carbonyl (C=O) groups is 2. The molecule has 0 saturated heterocycles. The van der Waals surface area contributed by atoms with Gasteiger partial charge in [-0.2, -0.15) is 0 Å². The zero-order valence-corrected chi connectivity index (χ0v) is 14.8. The van der Waals surface area contributed by atoms with Gasteiger partial charge in [0.1, 0.15) is 0 Å². The normalized spacial score (nSPS) is 10.4. The maximum Gasteiger partial charge on any atom is 0.234 e. The van der Waals surface area contributed by atoms with Crippen molar-refractivity contribution in [1.82, 2.24) is 0 Å². The molecule has 0 aliphatic carbocycles. The number of Topliss-reactive ketones (excluding diaryl/α,β-unsaturated/α-hetero) is 1. The number of benzene rings is 2. The van der Waals surface area contributed by atoms with Crippen molar-refractivity contribution in [3.05, 3.63) is 63.6 Å². The molecule has 0 aliphatic heterocycles. The Labute approximate surface area is 149 Å². The summed E-state index contributed by atoms with van der Waals surface area (Å²) < 4.78 is 0. The van der Waals surface area contributed by atoms with Crippen molar-refractivity contribution >= 4 is 52.3 Å². The molecule has 6 heteroatoms. The number of amides is 1. The molecular formula is C17H15Cl2NO2S. The summed E-state index contributed by atoms with van der Waals surface area (Å²) in [4.78, 5) is 23.3. The van der Waals surface area contributed by atoms with Gasteiger partial charge in [0, 0.05) is 27.0 Å². The van der Waals surface area contributed by atoms with Gasteiger partial charge in [-0.3, -0.25) is 9.59 Å². The number of anilines is 1. The van der Waals surface area contributed by atoms with Gasteiger partial charge in [0.25, 0.3) is 0 Å². The summed E-state index contributed by atoms with van der Waals surface area (Å²) in [6.45, 7) is 1.49. The number of carbonyl (C=O) groups excluding carboxylic acids is 2. The molecule has 2 aromatic carbocycles. The minimum Gasteiger partial charge on any atom is -0.325 e. The highest BCUT2D eigenvalue weighted by atomic mass is 35.5. The maximum absolute atomic E-state index is 12.0. The monoisotopic (exact) mass is 367 g/mol. The molecule has 0 saturated carbocycles. The Balaban J connectivity index is 1.85. The second-order valence-electron chi connectivity index (χ2n) is 4.91. The van der Waals surface area contributed by atoms with Crippen LogP contribution in [0.2, 0.25) is 10.0 Å². The quantitative estimate of drug-likeness (QED) is 0.725.